The van der Waals surface area contributed by atoms with Gasteiger partial charge in [0.25, 0.3) is 0 Å². The molecule has 0 amide bonds. The number of hydrogen-bond donors (Lipinski definition) is 2. The first kappa shape index (κ1) is 15.9. The lowest BCUT2D eigenvalue weighted by Crippen LogP contribution is -2.29. The van der Waals surface area contributed by atoms with Crippen molar-refractivity contribution in [2.45, 2.75) is 45.3 Å². The van der Waals surface area contributed by atoms with Crippen LogP contribution in [0, 0.1) is 0 Å². The van der Waals surface area contributed by atoms with Gasteiger partial charge in [0.2, 0.25) is 0 Å². The number of ether oxygens (including phenoxy) is 2. The van der Waals surface area contributed by atoms with E-state index in [1.807, 2.05) is 0 Å². The largest absolute Gasteiger partial charge is 0.481 e. The molecule has 0 aliphatic heterocycles. The molecule has 0 unspecified atom stereocenters. The van der Waals surface area contributed by atoms with Crippen molar-refractivity contribution < 1.29 is 29.3 Å². The average molecular weight is 248 g/mol. The molecule has 100 valence electrons. The first-order chi connectivity index (χ1) is 7.83. The van der Waals surface area contributed by atoms with Gasteiger partial charge in [-0.3, -0.25) is 9.59 Å². The van der Waals surface area contributed by atoms with Crippen LogP contribution in [0.15, 0.2) is 0 Å². The van der Waals surface area contributed by atoms with E-state index in [0.717, 1.165) is 0 Å². The molecule has 17 heavy (non-hydrogen) atoms. The lowest BCUT2D eigenvalue weighted by atomic mass is 10.3. The molecule has 0 atom stereocenters. The summed E-state index contributed by atoms with van der Waals surface area (Å²) in [4.78, 5) is 20.5. The minimum Gasteiger partial charge on any atom is -0.481 e. The van der Waals surface area contributed by atoms with Crippen LogP contribution in [0.5, 0.6) is 0 Å². The fourth-order valence-corrected chi connectivity index (χ4v) is 1.12. The van der Waals surface area contributed by atoms with Gasteiger partial charge in [0.05, 0.1) is 13.2 Å². The van der Waals surface area contributed by atoms with Crippen molar-refractivity contribution >= 4 is 11.9 Å². The predicted molar refractivity (Wildman–Crippen MR) is 59.7 cm³/mol. The Balaban J connectivity index is 3.57. The van der Waals surface area contributed by atoms with E-state index < -0.39 is 17.7 Å². The van der Waals surface area contributed by atoms with Gasteiger partial charge in [0.15, 0.2) is 5.79 Å². The van der Waals surface area contributed by atoms with E-state index >= 15 is 0 Å². The van der Waals surface area contributed by atoms with Crippen molar-refractivity contribution in [2.24, 2.45) is 0 Å². The molecule has 0 aromatic rings. The zero-order chi connectivity index (χ0) is 13.3. The molecule has 6 nitrogen and oxygen atoms in total. The molecule has 2 N–H and O–H groups in total. The minimum absolute atomic E-state index is 0.0646. The Morgan fingerprint density at radius 3 is 1.59 bits per heavy atom. The van der Waals surface area contributed by atoms with Crippen molar-refractivity contribution in [1.29, 1.82) is 0 Å². The van der Waals surface area contributed by atoms with Crippen LogP contribution >= 0.6 is 0 Å². The second kappa shape index (κ2) is 8.03. The highest BCUT2D eigenvalue weighted by Gasteiger charge is 2.18. The Hall–Kier alpha value is -1.14. The molecule has 0 saturated heterocycles. The van der Waals surface area contributed by atoms with Crippen molar-refractivity contribution in [3.05, 3.63) is 0 Å². The number of carboxylic acid groups (broad SMARTS) is 2. The summed E-state index contributed by atoms with van der Waals surface area (Å²) in [6.07, 6.45) is 0.985. The lowest BCUT2D eigenvalue weighted by Gasteiger charge is -2.25. The molecule has 0 aromatic carbocycles. The summed E-state index contributed by atoms with van der Waals surface area (Å²) in [5.74, 6) is -2.51. The van der Waals surface area contributed by atoms with E-state index in [-0.39, 0.29) is 12.8 Å². The van der Waals surface area contributed by atoms with Crippen molar-refractivity contribution in [3.63, 3.8) is 0 Å². The molecule has 0 fully saturated rings. The number of rotatable bonds is 10. The van der Waals surface area contributed by atoms with E-state index in [2.05, 4.69) is 0 Å². The van der Waals surface area contributed by atoms with Gasteiger partial charge >= 0.3 is 11.9 Å². The molecule has 0 heterocycles. The van der Waals surface area contributed by atoms with E-state index in [1.54, 1.807) is 13.8 Å². The quantitative estimate of drug-likeness (QED) is 0.449. The smallest absolute Gasteiger partial charge is 0.303 e. The zero-order valence-corrected chi connectivity index (χ0v) is 10.3. The van der Waals surface area contributed by atoms with E-state index in [1.165, 1.54) is 0 Å². The normalized spacial score (nSPS) is 11.4. The zero-order valence-electron chi connectivity index (χ0n) is 10.3. The summed E-state index contributed by atoms with van der Waals surface area (Å²) in [6, 6.07) is 0. The molecule has 0 bridgehead atoms. The molecule has 0 aliphatic rings. The highest BCUT2D eigenvalue weighted by atomic mass is 16.7. The van der Waals surface area contributed by atoms with Gasteiger partial charge in [-0.1, -0.05) is 0 Å². The third-order valence-electron chi connectivity index (χ3n) is 1.97. The molecule has 0 saturated carbocycles. The topological polar surface area (TPSA) is 93.1 Å². The Morgan fingerprint density at radius 1 is 0.941 bits per heavy atom. The van der Waals surface area contributed by atoms with Crippen molar-refractivity contribution in [3.8, 4) is 0 Å². The second-order valence-corrected chi connectivity index (χ2v) is 4.09. The fourth-order valence-electron chi connectivity index (χ4n) is 1.12. The predicted octanol–water partition coefficient (Wildman–Crippen LogP) is 1.49. The van der Waals surface area contributed by atoms with Gasteiger partial charge in [-0.25, -0.2) is 0 Å². The molecular weight excluding hydrogens is 228 g/mol. The highest BCUT2D eigenvalue weighted by molar-refractivity contribution is 5.66. The maximum absolute atomic E-state index is 10.3. The Bertz CT molecular complexity index is 224. The van der Waals surface area contributed by atoms with Crippen LogP contribution in [0.3, 0.4) is 0 Å². The molecule has 0 spiro atoms. The molecular formula is C11H20O6. The van der Waals surface area contributed by atoms with Gasteiger partial charge in [0.1, 0.15) is 0 Å². The van der Waals surface area contributed by atoms with Crippen LogP contribution in [0.4, 0.5) is 0 Å². The highest BCUT2D eigenvalue weighted by Crippen LogP contribution is 2.12. The van der Waals surface area contributed by atoms with E-state index in [0.29, 0.717) is 26.1 Å². The van der Waals surface area contributed by atoms with Gasteiger partial charge in [-0.2, -0.15) is 0 Å². The molecule has 6 heteroatoms. The summed E-state index contributed by atoms with van der Waals surface area (Å²) in [5.41, 5.74) is 0. The summed E-state index contributed by atoms with van der Waals surface area (Å²) >= 11 is 0. The second-order valence-electron chi connectivity index (χ2n) is 4.09. The first-order valence-corrected chi connectivity index (χ1v) is 5.55. The van der Waals surface area contributed by atoms with E-state index in [4.69, 9.17) is 19.7 Å². The van der Waals surface area contributed by atoms with Gasteiger partial charge in [-0.15, -0.1) is 0 Å². The number of aliphatic carboxylic acids is 2. The Labute approximate surface area is 101 Å². The van der Waals surface area contributed by atoms with Crippen LogP contribution in [0.2, 0.25) is 0 Å². The van der Waals surface area contributed by atoms with E-state index in [9.17, 15) is 9.59 Å². The SMILES string of the molecule is CC(C)(OCCCC(=O)O)OCCCC(=O)O. The Morgan fingerprint density at radius 2 is 1.29 bits per heavy atom. The Kier molecular flexibility index (Phi) is 7.49. The van der Waals surface area contributed by atoms with Gasteiger partial charge in [0, 0.05) is 12.8 Å². The lowest BCUT2D eigenvalue weighted by molar-refractivity contribution is -0.214. The minimum atomic E-state index is -0.853. The maximum atomic E-state index is 10.3. The van der Waals surface area contributed by atoms with Crippen LogP contribution in [-0.4, -0.2) is 41.2 Å². The van der Waals surface area contributed by atoms with Gasteiger partial charge < -0.3 is 19.7 Å². The van der Waals surface area contributed by atoms with Crippen LogP contribution < -0.4 is 0 Å². The molecule has 0 aromatic heterocycles. The van der Waals surface area contributed by atoms with Crippen molar-refractivity contribution in [2.75, 3.05) is 13.2 Å². The number of carbonyl (C=O) groups is 2. The number of carboxylic acids is 2. The summed E-state index contributed by atoms with van der Waals surface area (Å²) in [5, 5.41) is 16.9. The fraction of sp³-hybridized carbons (Fsp3) is 0.818. The molecule has 0 rings (SSSR count). The molecule has 0 radical (unpaired) electrons. The third kappa shape index (κ3) is 11.1. The van der Waals surface area contributed by atoms with Gasteiger partial charge in [-0.05, 0) is 26.7 Å². The van der Waals surface area contributed by atoms with Crippen LogP contribution in [0.25, 0.3) is 0 Å². The van der Waals surface area contributed by atoms with Crippen LogP contribution in [0.1, 0.15) is 39.5 Å². The summed E-state index contributed by atoms with van der Waals surface area (Å²) in [6.45, 7) is 4.04. The molecule has 0 aliphatic carbocycles. The first-order valence-electron chi connectivity index (χ1n) is 5.55. The monoisotopic (exact) mass is 248 g/mol. The number of hydrogen-bond acceptors (Lipinski definition) is 4. The maximum Gasteiger partial charge on any atom is 0.303 e. The third-order valence-corrected chi connectivity index (χ3v) is 1.97. The standard InChI is InChI=1S/C11H20O6/c1-11(2,16-7-3-5-9(12)13)17-8-4-6-10(14)15/h3-8H2,1-2H3,(H,12,13)(H,14,15). The van der Waals surface area contributed by atoms with Crippen LogP contribution in [-0.2, 0) is 19.1 Å². The summed E-state index contributed by atoms with van der Waals surface area (Å²) in [7, 11) is 0. The summed E-state index contributed by atoms with van der Waals surface area (Å²) < 4.78 is 10.7. The van der Waals surface area contributed by atoms with Crippen molar-refractivity contribution in [1.82, 2.24) is 0 Å². The average Bonchev–Trinajstić information content (AvgIpc) is 2.19.